The first-order valence-electron chi connectivity index (χ1n) is 10.2. The summed E-state index contributed by atoms with van der Waals surface area (Å²) >= 11 is 0. The molecule has 0 bridgehead atoms. The fourth-order valence-corrected chi connectivity index (χ4v) is 4.14. The van der Waals surface area contributed by atoms with E-state index in [1.165, 1.54) is 24.9 Å². The molecule has 2 aromatic rings. The van der Waals surface area contributed by atoms with Gasteiger partial charge in [0, 0.05) is 37.8 Å². The van der Waals surface area contributed by atoms with E-state index in [1.54, 1.807) is 0 Å². The predicted molar refractivity (Wildman–Crippen MR) is 108 cm³/mol. The minimum atomic E-state index is 0.278. The van der Waals surface area contributed by atoms with Crippen LogP contribution in [0.25, 0.3) is 0 Å². The van der Waals surface area contributed by atoms with Gasteiger partial charge < -0.3 is 14.5 Å². The molecule has 0 spiro atoms. The lowest BCUT2D eigenvalue weighted by Crippen LogP contribution is -2.50. The fourth-order valence-electron chi connectivity index (χ4n) is 4.14. The first kappa shape index (κ1) is 17.9. The highest BCUT2D eigenvalue weighted by atomic mass is 16.5. The van der Waals surface area contributed by atoms with E-state index in [-0.39, 0.29) is 5.92 Å². The van der Waals surface area contributed by atoms with Crippen molar-refractivity contribution in [2.45, 2.75) is 32.1 Å². The second-order valence-corrected chi connectivity index (χ2v) is 7.56. The van der Waals surface area contributed by atoms with Gasteiger partial charge in [0.1, 0.15) is 11.5 Å². The van der Waals surface area contributed by atoms with E-state index in [4.69, 9.17) is 4.74 Å². The maximum absolute atomic E-state index is 12.7. The molecule has 27 heavy (non-hydrogen) atoms. The summed E-state index contributed by atoms with van der Waals surface area (Å²) < 4.78 is 5.86. The second-order valence-electron chi connectivity index (χ2n) is 7.56. The van der Waals surface area contributed by atoms with Crippen LogP contribution in [0, 0.1) is 5.92 Å². The van der Waals surface area contributed by atoms with Gasteiger partial charge in [-0.2, -0.15) is 0 Å². The Bertz CT molecular complexity index is 731. The van der Waals surface area contributed by atoms with E-state index in [9.17, 15) is 4.79 Å². The highest BCUT2D eigenvalue weighted by molar-refractivity contribution is 5.79. The molecule has 2 fully saturated rings. The first-order valence-corrected chi connectivity index (χ1v) is 10.2. The van der Waals surface area contributed by atoms with Crippen molar-refractivity contribution in [3.05, 3.63) is 54.6 Å². The number of hydrogen-bond donors (Lipinski definition) is 0. The number of ether oxygens (including phenoxy) is 1. The molecule has 142 valence electrons. The summed E-state index contributed by atoms with van der Waals surface area (Å²) in [5.41, 5.74) is 1.19. The number of nitrogens with zero attached hydrogens (tertiary/aromatic N) is 2. The number of hydrogen-bond acceptors (Lipinski definition) is 3. The van der Waals surface area contributed by atoms with Crippen molar-refractivity contribution in [2.75, 3.05) is 31.1 Å². The Morgan fingerprint density at radius 2 is 1.41 bits per heavy atom. The van der Waals surface area contributed by atoms with Crippen LogP contribution in [0.3, 0.4) is 0 Å². The molecule has 0 aromatic heterocycles. The molecule has 0 radical (unpaired) electrons. The standard InChI is InChI=1S/C23H28N2O2/c26-23(19-7-3-1-4-8-19)25-17-15-24(16-18-25)20-11-13-22(14-12-20)27-21-9-5-2-6-10-21/h2,5-6,9-14,19H,1,3-4,7-8,15-18H2. The minimum absolute atomic E-state index is 0.278. The lowest BCUT2D eigenvalue weighted by Gasteiger charge is -2.38. The minimum Gasteiger partial charge on any atom is -0.457 e. The molecular weight excluding hydrogens is 336 g/mol. The molecule has 4 heteroatoms. The van der Waals surface area contributed by atoms with Gasteiger partial charge in [-0.3, -0.25) is 4.79 Å². The highest BCUT2D eigenvalue weighted by Gasteiger charge is 2.28. The molecule has 4 rings (SSSR count). The molecule has 0 unspecified atom stereocenters. The Morgan fingerprint density at radius 1 is 0.778 bits per heavy atom. The van der Waals surface area contributed by atoms with Crippen molar-refractivity contribution in [3.8, 4) is 11.5 Å². The smallest absolute Gasteiger partial charge is 0.225 e. The summed E-state index contributed by atoms with van der Waals surface area (Å²) in [6.45, 7) is 3.46. The lowest BCUT2D eigenvalue weighted by molar-refractivity contribution is -0.136. The SMILES string of the molecule is O=C(C1CCCCC1)N1CCN(c2ccc(Oc3ccccc3)cc2)CC1. The van der Waals surface area contributed by atoms with Gasteiger partial charge in [0.25, 0.3) is 0 Å². The Hall–Kier alpha value is -2.49. The largest absolute Gasteiger partial charge is 0.457 e. The Balaban J connectivity index is 1.31. The average Bonchev–Trinajstić information content (AvgIpc) is 2.75. The summed E-state index contributed by atoms with van der Waals surface area (Å²) in [6.07, 6.45) is 5.90. The van der Waals surface area contributed by atoms with E-state index >= 15 is 0 Å². The summed E-state index contributed by atoms with van der Waals surface area (Å²) in [5, 5.41) is 0. The van der Waals surface area contributed by atoms with Crippen molar-refractivity contribution < 1.29 is 9.53 Å². The number of rotatable bonds is 4. The van der Waals surface area contributed by atoms with Gasteiger partial charge in [-0.05, 0) is 49.2 Å². The van der Waals surface area contributed by atoms with E-state index < -0.39 is 0 Å². The molecule has 1 saturated heterocycles. The zero-order valence-electron chi connectivity index (χ0n) is 15.8. The van der Waals surface area contributed by atoms with Crippen LogP contribution < -0.4 is 9.64 Å². The molecule has 1 aliphatic heterocycles. The topological polar surface area (TPSA) is 32.8 Å². The third-order valence-electron chi connectivity index (χ3n) is 5.73. The highest BCUT2D eigenvalue weighted by Crippen LogP contribution is 2.27. The van der Waals surface area contributed by atoms with Gasteiger partial charge in [-0.1, -0.05) is 37.5 Å². The Kier molecular flexibility index (Phi) is 5.61. The number of benzene rings is 2. The second kappa shape index (κ2) is 8.47. The number of carbonyl (C=O) groups is 1. The van der Waals surface area contributed by atoms with Crippen molar-refractivity contribution in [1.82, 2.24) is 4.90 Å². The van der Waals surface area contributed by atoms with Crippen LogP contribution in [0.15, 0.2) is 54.6 Å². The summed E-state index contributed by atoms with van der Waals surface area (Å²) in [5.74, 6) is 2.36. The van der Waals surface area contributed by atoms with Crippen LogP contribution in [0.4, 0.5) is 5.69 Å². The molecule has 4 nitrogen and oxygen atoms in total. The zero-order chi connectivity index (χ0) is 18.5. The lowest BCUT2D eigenvalue weighted by atomic mass is 9.88. The Morgan fingerprint density at radius 3 is 2.07 bits per heavy atom. The maximum Gasteiger partial charge on any atom is 0.225 e. The number of anilines is 1. The molecular formula is C23H28N2O2. The van der Waals surface area contributed by atoms with Crippen molar-refractivity contribution >= 4 is 11.6 Å². The molecule has 1 saturated carbocycles. The van der Waals surface area contributed by atoms with Gasteiger partial charge in [0.05, 0.1) is 0 Å². The third-order valence-corrected chi connectivity index (χ3v) is 5.73. The third kappa shape index (κ3) is 4.44. The number of amides is 1. The molecule has 0 atom stereocenters. The van der Waals surface area contributed by atoms with Crippen LogP contribution in [-0.2, 0) is 4.79 Å². The quantitative estimate of drug-likeness (QED) is 0.788. The van der Waals surface area contributed by atoms with Crippen molar-refractivity contribution in [1.29, 1.82) is 0 Å². The first-order chi connectivity index (χ1) is 13.3. The van der Waals surface area contributed by atoms with Crippen LogP contribution in [0.2, 0.25) is 0 Å². The molecule has 1 amide bonds. The van der Waals surface area contributed by atoms with E-state index in [2.05, 4.69) is 21.9 Å². The normalized spacial score (nSPS) is 18.4. The predicted octanol–water partition coefficient (Wildman–Crippen LogP) is 4.71. The summed E-state index contributed by atoms with van der Waals surface area (Å²) in [6, 6.07) is 18.1. The van der Waals surface area contributed by atoms with E-state index in [0.717, 1.165) is 50.5 Å². The van der Waals surface area contributed by atoms with Crippen molar-refractivity contribution in [2.24, 2.45) is 5.92 Å². The van der Waals surface area contributed by atoms with E-state index in [0.29, 0.717) is 5.91 Å². The molecule has 0 N–H and O–H groups in total. The fraction of sp³-hybridized carbons (Fsp3) is 0.435. The Labute approximate surface area is 161 Å². The monoisotopic (exact) mass is 364 g/mol. The van der Waals surface area contributed by atoms with E-state index in [1.807, 2.05) is 42.5 Å². The maximum atomic E-state index is 12.7. The number of para-hydroxylation sites is 1. The zero-order valence-corrected chi connectivity index (χ0v) is 15.8. The van der Waals surface area contributed by atoms with Crippen LogP contribution in [-0.4, -0.2) is 37.0 Å². The summed E-state index contributed by atoms with van der Waals surface area (Å²) in [7, 11) is 0. The summed E-state index contributed by atoms with van der Waals surface area (Å²) in [4.78, 5) is 17.1. The van der Waals surface area contributed by atoms with Crippen LogP contribution >= 0.6 is 0 Å². The van der Waals surface area contributed by atoms with Gasteiger partial charge in [-0.25, -0.2) is 0 Å². The van der Waals surface area contributed by atoms with Gasteiger partial charge in [0.2, 0.25) is 5.91 Å². The molecule has 1 aliphatic carbocycles. The van der Waals surface area contributed by atoms with Crippen LogP contribution in [0.1, 0.15) is 32.1 Å². The molecule has 1 heterocycles. The molecule has 2 aliphatic rings. The van der Waals surface area contributed by atoms with Gasteiger partial charge >= 0.3 is 0 Å². The molecule has 2 aromatic carbocycles. The van der Waals surface area contributed by atoms with Crippen molar-refractivity contribution in [3.63, 3.8) is 0 Å². The van der Waals surface area contributed by atoms with Crippen LogP contribution in [0.5, 0.6) is 11.5 Å². The average molecular weight is 364 g/mol. The number of carbonyl (C=O) groups excluding carboxylic acids is 1. The number of piperazine rings is 1. The van der Waals surface area contributed by atoms with Gasteiger partial charge in [0.15, 0.2) is 0 Å². The van der Waals surface area contributed by atoms with Gasteiger partial charge in [-0.15, -0.1) is 0 Å².